The third-order valence-corrected chi connectivity index (χ3v) is 5.69. The molecular weight excluding hydrogens is 446 g/mol. The van der Waals surface area contributed by atoms with Crippen molar-refractivity contribution in [2.45, 2.75) is 31.2 Å². The van der Waals surface area contributed by atoms with E-state index in [2.05, 4.69) is 5.32 Å². The van der Waals surface area contributed by atoms with Crippen molar-refractivity contribution < 1.29 is 27.4 Å². The second-order valence-electron chi connectivity index (χ2n) is 8.20. The lowest BCUT2D eigenvalue weighted by Crippen LogP contribution is -2.48. The third kappa shape index (κ3) is 6.36. The second kappa shape index (κ2) is 9.37. The normalized spacial score (nSPS) is 11.5. The number of nitrogens with zero attached hydrogens (tertiary/aromatic N) is 1. The molecule has 33 heavy (non-hydrogen) atoms. The number of urea groups is 1. The number of methoxy groups -OCH3 is 1. The number of benzene rings is 2. The molecule has 0 bridgehead atoms. The van der Waals surface area contributed by atoms with E-state index in [-0.39, 0.29) is 5.75 Å². The molecule has 0 radical (unpaired) electrons. The second-order valence-corrected chi connectivity index (χ2v) is 9.85. The molecule has 0 spiro atoms. The highest BCUT2D eigenvalue weighted by molar-refractivity contribution is 7.90. The molecule has 9 nitrogen and oxygen atoms in total. The van der Waals surface area contributed by atoms with Crippen molar-refractivity contribution in [1.29, 1.82) is 0 Å². The highest BCUT2D eigenvalue weighted by Gasteiger charge is 2.27. The van der Waals surface area contributed by atoms with Crippen molar-refractivity contribution >= 4 is 16.1 Å². The Morgan fingerprint density at radius 1 is 1.00 bits per heavy atom. The van der Waals surface area contributed by atoms with E-state index in [1.807, 2.05) is 35.1 Å². The minimum atomic E-state index is -4.40. The van der Waals surface area contributed by atoms with Crippen LogP contribution in [0.3, 0.4) is 0 Å². The van der Waals surface area contributed by atoms with Gasteiger partial charge in [-0.1, -0.05) is 24.3 Å². The Labute approximate surface area is 192 Å². The number of rotatable bonds is 6. The molecule has 2 aromatic carbocycles. The summed E-state index contributed by atoms with van der Waals surface area (Å²) in [6, 6.07) is 14.7. The minimum Gasteiger partial charge on any atom is -0.619 e. The van der Waals surface area contributed by atoms with Crippen molar-refractivity contribution in [3.8, 4) is 28.4 Å². The first-order valence-corrected chi connectivity index (χ1v) is 11.5. The number of hydrogen-bond donors (Lipinski definition) is 2. The summed E-state index contributed by atoms with van der Waals surface area (Å²) in [4.78, 5) is 11.6. The first kappa shape index (κ1) is 23.9. The van der Waals surface area contributed by atoms with Gasteiger partial charge in [-0.15, -0.1) is 0 Å². The van der Waals surface area contributed by atoms with Crippen LogP contribution in [0.5, 0.6) is 17.2 Å². The summed E-state index contributed by atoms with van der Waals surface area (Å²) in [6.45, 7) is 5.12. The van der Waals surface area contributed by atoms with Crippen LogP contribution >= 0.6 is 0 Å². The van der Waals surface area contributed by atoms with Crippen LogP contribution in [0.25, 0.3) is 11.1 Å². The fourth-order valence-corrected chi connectivity index (χ4v) is 3.95. The molecule has 3 rings (SSSR count). The summed E-state index contributed by atoms with van der Waals surface area (Å²) in [6.07, 6.45) is 1.94. The topological polar surface area (TPSA) is 121 Å². The predicted octanol–water partition coefficient (Wildman–Crippen LogP) is 3.57. The summed E-state index contributed by atoms with van der Waals surface area (Å²) < 4.78 is 38.9. The molecule has 0 unspecified atom stereocenters. The molecule has 2 N–H and O–H groups in total. The fourth-order valence-electron chi connectivity index (χ4n) is 2.92. The van der Waals surface area contributed by atoms with Gasteiger partial charge in [-0.25, -0.2) is 17.9 Å². The Morgan fingerprint density at radius 2 is 1.70 bits per heavy atom. The molecule has 0 fully saturated rings. The largest absolute Gasteiger partial charge is 0.619 e. The van der Waals surface area contributed by atoms with E-state index in [0.717, 1.165) is 29.3 Å². The van der Waals surface area contributed by atoms with E-state index in [4.69, 9.17) is 9.47 Å². The summed E-state index contributed by atoms with van der Waals surface area (Å²) in [5.41, 5.74) is 1.08. The molecule has 0 aliphatic rings. The highest BCUT2D eigenvalue weighted by Crippen LogP contribution is 2.31. The number of carbonyl (C=O) groups is 1. The molecule has 0 aliphatic heterocycles. The first-order chi connectivity index (χ1) is 15.5. The smallest absolute Gasteiger partial charge is 0.329 e. The summed E-state index contributed by atoms with van der Waals surface area (Å²) in [5, 5.41) is 14.3. The van der Waals surface area contributed by atoms with Gasteiger partial charge in [-0.3, -0.25) is 0 Å². The Balaban J connectivity index is 1.90. The van der Waals surface area contributed by atoms with Crippen LogP contribution in [-0.4, -0.2) is 27.1 Å². The van der Waals surface area contributed by atoms with Gasteiger partial charge in [0.05, 0.1) is 7.11 Å². The number of hydrogen-bond acceptors (Lipinski definition) is 6. The molecule has 0 aliphatic carbocycles. The predicted molar refractivity (Wildman–Crippen MR) is 123 cm³/mol. The van der Waals surface area contributed by atoms with E-state index < -0.39 is 26.5 Å². The van der Waals surface area contributed by atoms with Crippen molar-refractivity contribution in [3.63, 3.8) is 0 Å². The van der Waals surface area contributed by atoms with Crippen LogP contribution < -0.4 is 24.2 Å². The molecule has 1 heterocycles. The molecule has 1 aromatic heterocycles. The van der Waals surface area contributed by atoms with E-state index in [1.165, 1.54) is 6.07 Å². The Bertz CT molecular complexity index is 1250. The van der Waals surface area contributed by atoms with Gasteiger partial charge in [0.15, 0.2) is 16.8 Å². The first-order valence-electron chi connectivity index (χ1n) is 9.97. The van der Waals surface area contributed by atoms with Gasteiger partial charge >= 0.3 is 6.03 Å². The zero-order chi connectivity index (χ0) is 24.2. The Morgan fingerprint density at radius 3 is 2.33 bits per heavy atom. The molecule has 3 aromatic rings. The van der Waals surface area contributed by atoms with Gasteiger partial charge in [-0.2, -0.15) is 4.73 Å². The summed E-state index contributed by atoms with van der Waals surface area (Å²) >= 11 is 0. The minimum absolute atomic E-state index is 0.106. The number of pyridine rings is 1. The van der Waals surface area contributed by atoms with Gasteiger partial charge in [0.1, 0.15) is 11.5 Å². The van der Waals surface area contributed by atoms with Crippen LogP contribution in [0.2, 0.25) is 0 Å². The van der Waals surface area contributed by atoms with Crippen LogP contribution in [0.15, 0.2) is 71.9 Å². The summed E-state index contributed by atoms with van der Waals surface area (Å²) in [5.74, 6) is 0.965. The monoisotopic (exact) mass is 471 g/mol. The highest BCUT2D eigenvalue weighted by atomic mass is 32.2. The van der Waals surface area contributed by atoms with Crippen LogP contribution in [0.4, 0.5) is 4.79 Å². The SMILES string of the molecule is COc1ccc(-c2cccc(Oc3cc[n+]([O-])cc3S(=O)(=O)NC(=O)NC(C)(C)C)c2)cc1. The lowest BCUT2D eigenvalue weighted by molar-refractivity contribution is -0.607. The Hall–Kier alpha value is -3.79. The van der Waals surface area contributed by atoms with Crippen molar-refractivity contribution in [2.24, 2.45) is 0 Å². The van der Waals surface area contributed by atoms with Gasteiger partial charge in [0.25, 0.3) is 10.0 Å². The third-order valence-electron chi connectivity index (χ3n) is 4.35. The van der Waals surface area contributed by atoms with Crippen molar-refractivity contribution in [2.75, 3.05) is 7.11 Å². The quantitative estimate of drug-likeness (QED) is 0.419. The van der Waals surface area contributed by atoms with Crippen LogP contribution in [-0.2, 0) is 10.0 Å². The number of aromatic nitrogens is 1. The lowest BCUT2D eigenvalue weighted by Gasteiger charge is -2.20. The number of carbonyl (C=O) groups excluding carboxylic acids is 1. The summed E-state index contributed by atoms with van der Waals surface area (Å²) in [7, 11) is -2.81. The van der Waals surface area contributed by atoms with Gasteiger partial charge in [0, 0.05) is 11.6 Å². The molecular formula is C23H25N3O6S. The number of nitrogens with one attached hydrogen (secondary N) is 2. The molecule has 2 amide bonds. The van der Waals surface area contributed by atoms with Crippen molar-refractivity contribution in [1.82, 2.24) is 10.0 Å². The van der Waals surface area contributed by atoms with E-state index in [9.17, 15) is 18.4 Å². The molecule has 174 valence electrons. The van der Waals surface area contributed by atoms with E-state index in [1.54, 1.807) is 46.1 Å². The lowest BCUT2D eigenvalue weighted by atomic mass is 10.1. The molecule has 0 saturated carbocycles. The maximum atomic E-state index is 12.8. The Kier molecular flexibility index (Phi) is 6.78. The molecule has 0 saturated heterocycles. The average Bonchev–Trinajstić information content (AvgIpc) is 2.73. The molecule has 0 atom stereocenters. The maximum Gasteiger partial charge on any atom is 0.329 e. The van der Waals surface area contributed by atoms with Crippen LogP contribution in [0.1, 0.15) is 20.8 Å². The zero-order valence-corrected chi connectivity index (χ0v) is 19.5. The van der Waals surface area contributed by atoms with Crippen molar-refractivity contribution in [3.05, 3.63) is 72.2 Å². The van der Waals surface area contributed by atoms with Gasteiger partial charge in [0.2, 0.25) is 6.20 Å². The van der Waals surface area contributed by atoms with Gasteiger partial charge in [-0.05, 0) is 56.2 Å². The van der Waals surface area contributed by atoms with E-state index >= 15 is 0 Å². The maximum absolute atomic E-state index is 12.8. The number of sulfonamides is 1. The van der Waals surface area contributed by atoms with Crippen LogP contribution in [0, 0.1) is 5.21 Å². The standard InChI is InChI=1S/C23H25N3O6S/c1-23(2,3)24-22(27)25-33(29,30)21-15-26(28)13-12-20(21)32-19-7-5-6-17(14-19)16-8-10-18(31-4)11-9-16/h5-15H,1-4H3,(H2,24,25,27). The zero-order valence-electron chi connectivity index (χ0n) is 18.7. The number of ether oxygens (including phenoxy) is 2. The average molecular weight is 472 g/mol. The van der Waals surface area contributed by atoms with Gasteiger partial charge < -0.3 is 20.0 Å². The number of amides is 2. The fraction of sp³-hybridized carbons (Fsp3) is 0.217. The molecule has 10 heteroatoms. The van der Waals surface area contributed by atoms with E-state index in [0.29, 0.717) is 10.5 Å².